The van der Waals surface area contributed by atoms with Crippen molar-refractivity contribution in [2.24, 2.45) is 5.73 Å². The Bertz CT molecular complexity index is 1220. The highest BCUT2D eigenvalue weighted by Gasteiger charge is 2.19. The molecule has 36 heavy (non-hydrogen) atoms. The highest BCUT2D eigenvalue weighted by atomic mass is 35.5. The zero-order valence-corrected chi connectivity index (χ0v) is 19.9. The Morgan fingerprint density at radius 2 is 1.97 bits per heavy atom. The lowest BCUT2D eigenvalue weighted by Gasteiger charge is -2.21. The van der Waals surface area contributed by atoms with Gasteiger partial charge in [-0.15, -0.1) is 0 Å². The van der Waals surface area contributed by atoms with Crippen LogP contribution in [0, 0.1) is 11.6 Å². The Morgan fingerprint density at radius 3 is 2.75 bits per heavy atom. The summed E-state index contributed by atoms with van der Waals surface area (Å²) < 4.78 is 32.2. The number of hydrogen-bond donors (Lipinski definition) is 5. The summed E-state index contributed by atoms with van der Waals surface area (Å²) in [6.07, 6.45) is -0.259. The normalized spacial score (nSPS) is 12.7. The van der Waals surface area contributed by atoms with Gasteiger partial charge in [-0.1, -0.05) is 23.7 Å². The molecule has 0 bridgehead atoms. The first-order valence-electron chi connectivity index (χ1n) is 11.1. The number of pyridine rings is 1. The fourth-order valence-corrected chi connectivity index (χ4v) is 3.56. The van der Waals surface area contributed by atoms with Crippen LogP contribution in [0.4, 0.5) is 19.4 Å². The van der Waals surface area contributed by atoms with Crippen LogP contribution >= 0.6 is 11.6 Å². The molecule has 0 aliphatic carbocycles. The van der Waals surface area contributed by atoms with Gasteiger partial charge in [-0.05, 0) is 47.7 Å². The second-order valence-electron chi connectivity index (χ2n) is 7.99. The van der Waals surface area contributed by atoms with Gasteiger partial charge in [0.25, 0.3) is 0 Å². The highest BCUT2D eigenvalue weighted by Crippen LogP contribution is 2.19. The van der Waals surface area contributed by atoms with Crippen molar-refractivity contribution in [3.8, 4) is 0 Å². The molecule has 0 radical (unpaired) electrons. The molecule has 0 aliphatic rings. The van der Waals surface area contributed by atoms with Gasteiger partial charge in [-0.25, -0.2) is 18.6 Å². The molecule has 3 aromatic rings. The quantitative estimate of drug-likeness (QED) is 0.261. The number of aromatic nitrogens is 1. The molecule has 1 aromatic heterocycles. The van der Waals surface area contributed by atoms with E-state index in [1.165, 1.54) is 36.5 Å². The fraction of sp³-hybridized carbons (Fsp3) is 0.292. The van der Waals surface area contributed by atoms with Crippen LogP contribution < -0.4 is 21.7 Å². The van der Waals surface area contributed by atoms with E-state index in [1.807, 2.05) is 0 Å². The summed E-state index contributed by atoms with van der Waals surface area (Å²) in [6.45, 7) is -0.285. The topological polar surface area (TPSA) is 139 Å². The summed E-state index contributed by atoms with van der Waals surface area (Å²) in [5.74, 6) is -1.27. The van der Waals surface area contributed by atoms with Crippen LogP contribution in [0.15, 0.2) is 48.7 Å². The Labute approximate surface area is 211 Å². The van der Waals surface area contributed by atoms with Crippen molar-refractivity contribution in [3.05, 3.63) is 70.9 Å². The molecule has 12 heteroatoms. The van der Waals surface area contributed by atoms with Crippen LogP contribution in [0.5, 0.6) is 0 Å². The molecular formula is C24H26ClF2N5O4. The van der Waals surface area contributed by atoms with Crippen LogP contribution in [0.3, 0.4) is 0 Å². The van der Waals surface area contributed by atoms with Gasteiger partial charge >= 0.3 is 6.09 Å². The van der Waals surface area contributed by atoms with Gasteiger partial charge in [0.05, 0.1) is 23.7 Å². The average molecular weight is 522 g/mol. The van der Waals surface area contributed by atoms with E-state index in [2.05, 4.69) is 20.9 Å². The van der Waals surface area contributed by atoms with E-state index in [0.717, 1.165) is 0 Å². The molecule has 0 saturated carbocycles. The Kier molecular flexibility index (Phi) is 9.88. The van der Waals surface area contributed by atoms with Crippen LogP contribution in [0.25, 0.3) is 10.8 Å². The molecule has 192 valence electrons. The van der Waals surface area contributed by atoms with Gasteiger partial charge in [0.2, 0.25) is 5.91 Å². The van der Waals surface area contributed by atoms with Crippen molar-refractivity contribution >= 4 is 40.2 Å². The molecule has 0 fully saturated rings. The largest absolute Gasteiger partial charge is 0.447 e. The van der Waals surface area contributed by atoms with E-state index >= 15 is 0 Å². The molecule has 0 spiro atoms. The van der Waals surface area contributed by atoms with Gasteiger partial charge in [-0.3, -0.25) is 10.1 Å². The maximum Gasteiger partial charge on any atom is 0.412 e. The lowest BCUT2D eigenvalue weighted by atomic mass is 10.1. The molecule has 3 rings (SSSR count). The fourth-order valence-electron chi connectivity index (χ4n) is 3.36. The number of benzene rings is 2. The molecule has 2 atom stereocenters. The van der Waals surface area contributed by atoms with Crippen molar-refractivity contribution in [1.82, 2.24) is 15.6 Å². The van der Waals surface area contributed by atoms with Gasteiger partial charge < -0.3 is 26.2 Å². The lowest BCUT2D eigenvalue weighted by molar-refractivity contribution is -0.121. The van der Waals surface area contributed by atoms with Gasteiger partial charge in [0.15, 0.2) is 0 Å². The zero-order valence-electron chi connectivity index (χ0n) is 19.1. The molecule has 2 unspecified atom stereocenters. The smallest absolute Gasteiger partial charge is 0.412 e. The number of amides is 2. The number of nitrogens with two attached hydrogens (primary N) is 1. The molecule has 2 aromatic carbocycles. The first-order valence-corrected chi connectivity index (χ1v) is 11.4. The molecule has 0 saturated heterocycles. The predicted molar refractivity (Wildman–Crippen MR) is 131 cm³/mol. The molecule has 9 nitrogen and oxygen atoms in total. The molecular weight excluding hydrogens is 496 g/mol. The highest BCUT2D eigenvalue weighted by molar-refractivity contribution is 6.31. The van der Waals surface area contributed by atoms with E-state index in [4.69, 9.17) is 22.1 Å². The molecule has 6 N–H and O–H groups in total. The Morgan fingerprint density at radius 1 is 1.17 bits per heavy atom. The molecule has 2 amide bonds. The minimum atomic E-state index is -0.932. The third-order valence-electron chi connectivity index (χ3n) is 5.16. The predicted octanol–water partition coefficient (Wildman–Crippen LogP) is 2.70. The first-order chi connectivity index (χ1) is 17.2. The summed E-state index contributed by atoms with van der Waals surface area (Å²) in [5, 5.41) is 19.1. The first kappa shape index (κ1) is 27.2. The van der Waals surface area contributed by atoms with Gasteiger partial charge in [-0.2, -0.15) is 0 Å². The maximum atomic E-state index is 13.5. The van der Waals surface area contributed by atoms with Crippen LogP contribution in [0.2, 0.25) is 5.02 Å². The number of aliphatic hydroxyl groups is 1. The lowest BCUT2D eigenvalue weighted by Crippen LogP contribution is -2.45. The van der Waals surface area contributed by atoms with Crippen LogP contribution in [0.1, 0.15) is 12.0 Å². The standard InChI is InChI=1S/C24H26ClF2N5O4/c25-23-15(2-1-3-20(23)27)10-29-12-22(34)31-18(8-19(33)9-28)13-36-24(35)32-21-7-16-6-17(26)5-4-14(16)11-30-21/h1-7,11,18-19,29,33H,8-10,12-13,28H2,(H,31,34)(H,30,32,35). The number of halogens is 3. The minimum Gasteiger partial charge on any atom is -0.447 e. The number of fused-ring (bicyclic) bond motifs is 1. The van der Waals surface area contributed by atoms with Gasteiger partial charge in [0, 0.05) is 24.7 Å². The summed E-state index contributed by atoms with van der Waals surface area (Å²) in [4.78, 5) is 28.7. The third-order valence-corrected chi connectivity index (χ3v) is 5.58. The second kappa shape index (κ2) is 13.1. The summed E-state index contributed by atoms with van der Waals surface area (Å²) in [7, 11) is 0. The summed E-state index contributed by atoms with van der Waals surface area (Å²) in [6, 6.07) is 9.31. The second-order valence-corrected chi connectivity index (χ2v) is 8.37. The Hall–Kier alpha value is -3.38. The zero-order chi connectivity index (χ0) is 26.1. The van der Waals surface area contributed by atoms with Crippen molar-refractivity contribution in [2.45, 2.75) is 25.1 Å². The van der Waals surface area contributed by atoms with E-state index in [0.29, 0.717) is 16.3 Å². The number of carbonyl (C=O) groups excluding carboxylic acids is 2. The summed E-state index contributed by atoms with van der Waals surface area (Å²) in [5.41, 5.74) is 5.95. The van der Waals surface area contributed by atoms with E-state index in [1.54, 1.807) is 12.1 Å². The number of rotatable bonds is 11. The number of hydrogen-bond acceptors (Lipinski definition) is 7. The monoisotopic (exact) mass is 521 g/mol. The maximum absolute atomic E-state index is 13.5. The number of nitrogens with one attached hydrogen (secondary N) is 3. The number of anilines is 1. The van der Waals surface area contributed by atoms with E-state index < -0.39 is 35.8 Å². The van der Waals surface area contributed by atoms with Crippen molar-refractivity contribution in [2.75, 3.05) is 25.0 Å². The van der Waals surface area contributed by atoms with Crippen molar-refractivity contribution in [1.29, 1.82) is 0 Å². The van der Waals surface area contributed by atoms with Crippen molar-refractivity contribution in [3.63, 3.8) is 0 Å². The number of ether oxygens (including phenoxy) is 1. The van der Waals surface area contributed by atoms with Crippen LogP contribution in [-0.2, 0) is 16.1 Å². The van der Waals surface area contributed by atoms with E-state index in [9.17, 15) is 23.5 Å². The van der Waals surface area contributed by atoms with Crippen LogP contribution in [-0.4, -0.2) is 53.9 Å². The third kappa shape index (κ3) is 8.09. The summed E-state index contributed by atoms with van der Waals surface area (Å²) >= 11 is 5.90. The molecule has 1 heterocycles. The van der Waals surface area contributed by atoms with E-state index in [-0.39, 0.29) is 43.5 Å². The Balaban J connectivity index is 1.51. The number of carbonyl (C=O) groups is 2. The molecule has 0 aliphatic heterocycles. The average Bonchev–Trinajstić information content (AvgIpc) is 2.84. The van der Waals surface area contributed by atoms with Gasteiger partial charge in [0.1, 0.15) is 24.1 Å². The minimum absolute atomic E-state index is 0.0280. The number of nitrogens with zero attached hydrogens (tertiary/aromatic N) is 1. The van der Waals surface area contributed by atoms with Crippen molar-refractivity contribution < 1.29 is 28.2 Å². The SMILES string of the molecule is NCC(O)CC(COC(=O)Nc1cc2cc(F)ccc2cn1)NC(=O)CNCc1cccc(F)c1Cl. The number of aliphatic hydroxyl groups excluding tert-OH is 1.